The van der Waals surface area contributed by atoms with Crippen LogP contribution in [0.3, 0.4) is 0 Å². The molecule has 2 N–H and O–H groups in total. The second-order valence-electron chi connectivity index (χ2n) is 4.25. The van der Waals surface area contributed by atoms with Gasteiger partial charge >= 0.3 is 0 Å². The van der Waals surface area contributed by atoms with E-state index in [1.54, 1.807) is 0 Å². The molecule has 0 spiro atoms. The first-order chi connectivity index (χ1) is 6.79. The van der Waals surface area contributed by atoms with Crippen LogP contribution in [-0.4, -0.2) is 42.1 Å². The Morgan fingerprint density at radius 3 is 2.86 bits per heavy atom. The second-order valence-corrected chi connectivity index (χ2v) is 5.24. The van der Waals surface area contributed by atoms with Gasteiger partial charge in [0.05, 0.1) is 0 Å². The predicted molar refractivity (Wildman–Crippen MR) is 65.9 cm³/mol. The zero-order chi connectivity index (χ0) is 10.4. The highest BCUT2D eigenvalue weighted by Gasteiger charge is 2.24. The molecular formula is C11H24N2S. The summed E-state index contributed by atoms with van der Waals surface area (Å²) >= 11 is 1.93. The Labute approximate surface area is 92.6 Å². The van der Waals surface area contributed by atoms with E-state index in [0.29, 0.717) is 6.04 Å². The molecule has 0 amide bonds. The summed E-state index contributed by atoms with van der Waals surface area (Å²) in [6.07, 6.45) is 7.54. The number of hydrogen-bond acceptors (Lipinski definition) is 3. The Bertz CT molecular complexity index is 152. The zero-order valence-electron chi connectivity index (χ0n) is 9.54. The van der Waals surface area contributed by atoms with Crippen LogP contribution in [0.15, 0.2) is 0 Å². The maximum atomic E-state index is 5.86. The van der Waals surface area contributed by atoms with E-state index in [1.165, 1.54) is 38.0 Å². The third-order valence-electron chi connectivity index (χ3n) is 3.25. The molecule has 0 aromatic heterocycles. The van der Waals surface area contributed by atoms with Crippen molar-refractivity contribution < 1.29 is 0 Å². The summed E-state index contributed by atoms with van der Waals surface area (Å²) in [6.45, 7) is 4.43. The van der Waals surface area contributed by atoms with Gasteiger partial charge in [0.25, 0.3) is 0 Å². The molecular weight excluding hydrogens is 192 g/mol. The molecule has 1 heterocycles. The summed E-state index contributed by atoms with van der Waals surface area (Å²) in [5, 5.41) is 0. The Balaban J connectivity index is 2.40. The third-order valence-corrected chi connectivity index (χ3v) is 3.89. The van der Waals surface area contributed by atoms with Gasteiger partial charge in [-0.25, -0.2) is 0 Å². The van der Waals surface area contributed by atoms with E-state index < -0.39 is 0 Å². The molecule has 3 heteroatoms. The van der Waals surface area contributed by atoms with Crippen molar-refractivity contribution in [2.24, 2.45) is 5.73 Å². The van der Waals surface area contributed by atoms with Gasteiger partial charge in [0.2, 0.25) is 0 Å². The smallest absolute Gasteiger partial charge is 0.0229 e. The van der Waals surface area contributed by atoms with Crippen LogP contribution < -0.4 is 5.73 Å². The number of likely N-dealkylation sites (tertiary alicyclic amines) is 1. The lowest BCUT2D eigenvalue weighted by Gasteiger charge is -2.39. The SMILES string of the molecule is CSCCC(CN)N1CCCCC1C. The highest BCUT2D eigenvalue weighted by atomic mass is 32.2. The normalized spacial score (nSPS) is 26.4. The highest BCUT2D eigenvalue weighted by Crippen LogP contribution is 2.20. The Morgan fingerprint density at radius 1 is 1.50 bits per heavy atom. The van der Waals surface area contributed by atoms with Crippen LogP contribution in [0, 0.1) is 0 Å². The van der Waals surface area contributed by atoms with Crippen molar-refractivity contribution in [3.8, 4) is 0 Å². The van der Waals surface area contributed by atoms with E-state index in [2.05, 4.69) is 18.1 Å². The molecule has 0 radical (unpaired) electrons. The van der Waals surface area contributed by atoms with Crippen molar-refractivity contribution >= 4 is 11.8 Å². The second kappa shape index (κ2) is 6.70. The molecule has 1 fully saturated rings. The van der Waals surface area contributed by atoms with Crippen LogP contribution >= 0.6 is 11.8 Å². The number of rotatable bonds is 5. The summed E-state index contributed by atoms with van der Waals surface area (Å²) < 4.78 is 0. The Hall–Kier alpha value is 0.270. The monoisotopic (exact) mass is 216 g/mol. The number of nitrogens with zero attached hydrogens (tertiary/aromatic N) is 1. The Morgan fingerprint density at radius 2 is 2.29 bits per heavy atom. The van der Waals surface area contributed by atoms with Gasteiger partial charge in [-0.3, -0.25) is 4.90 Å². The minimum Gasteiger partial charge on any atom is -0.329 e. The standard InChI is InChI=1S/C11H24N2S/c1-10-5-3-4-7-13(10)11(9-12)6-8-14-2/h10-11H,3-9,12H2,1-2H3. The summed E-state index contributed by atoms with van der Waals surface area (Å²) in [6, 6.07) is 1.37. The van der Waals surface area contributed by atoms with E-state index in [-0.39, 0.29) is 0 Å². The molecule has 0 aromatic rings. The largest absolute Gasteiger partial charge is 0.329 e. The lowest BCUT2D eigenvalue weighted by atomic mass is 10.00. The predicted octanol–water partition coefficient (Wildman–Crippen LogP) is 1.94. The van der Waals surface area contributed by atoms with Gasteiger partial charge in [0, 0.05) is 18.6 Å². The fourth-order valence-electron chi connectivity index (χ4n) is 2.34. The fraction of sp³-hybridized carbons (Fsp3) is 1.00. The van der Waals surface area contributed by atoms with E-state index in [0.717, 1.165) is 12.6 Å². The number of thioether (sulfide) groups is 1. The van der Waals surface area contributed by atoms with Crippen LogP contribution in [0.4, 0.5) is 0 Å². The van der Waals surface area contributed by atoms with Crippen LogP contribution in [0.1, 0.15) is 32.6 Å². The summed E-state index contributed by atoms with van der Waals surface area (Å²) in [5.41, 5.74) is 5.86. The van der Waals surface area contributed by atoms with Crippen LogP contribution in [0.25, 0.3) is 0 Å². The highest BCUT2D eigenvalue weighted by molar-refractivity contribution is 7.98. The topological polar surface area (TPSA) is 29.3 Å². The van der Waals surface area contributed by atoms with E-state index in [9.17, 15) is 0 Å². The molecule has 2 nitrogen and oxygen atoms in total. The van der Waals surface area contributed by atoms with Crippen molar-refractivity contribution in [2.75, 3.05) is 25.1 Å². The molecule has 0 saturated carbocycles. The van der Waals surface area contributed by atoms with Crippen molar-refractivity contribution in [3.63, 3.8) is 0 Å². The van der Waals surface area contributed by atoms with Crippen molar-refractivity contribution in [1.29, 1.82) is 0 Å². The van der Waals surface area contributed by atoms with Gasteiger partial charge in [-0.2, -0.15) is 11.8 Å². The molecule has 84 valence electrons. The summed E-state index contributed by atoms with van der Waals surface area (Å²) in [5.74, 6) is 1.24. The number of nitrogens with two attached hydrogens (primary N) is 1. The van der Waals surface area contributed by atoms with Crippen LogP contribution in [0.5, 0.6) is 0 Å². The van der Waals surface area contributed by atoms with E-state index in [1.807, 2.05) is 11.8 Å². The average molecular weight is 216 g/mol. The molecule has 0 aromatic carbocycles. The quantitative estimate of drug-likeness (QED) is 0.761. The number of piperidine rings is 1. The molecule has 1 rings (SSSR count). The third kappa shape index (κ3) is 3.44. The van der Waals surface area contributed by atoms with Crippen molar-refractivity contribution in [1.82, 2.24) is 4.90 Å². The Kier molecular flexibility index (Phi) is 5.90. The van der Waals surface area contributed by atoms with Crippen molar-refractivity contribution in [3.05, 3.63) is 0 Å². The lowest BCUT2D eigenvalue weighted by Crippen LogP contribution is -2.48. The molecule has 1 aliphatic heterocycles. The van der Waals surface area contributed by atoms with Gasteiger partial charge in [0.15, 0.2) is 0 Å². The molecule has 2 unspecified atom stereocenters. The lowest BCUT2D eigenvalue weighted by molar-refractivity contribution is 0.107. The first kappa shape index (κ1) is 12.3. The van der Waals surface area contributed by atoms with Gasteiger partial charge in [-0.1, -0.05) is 6.42 Å². The first-order valence-corrected chi connectivity index (χ1v) is 7.13. The molecule has 0 bridgehead atoms. The zero-order valence-corrected chi connectivity index (χ0v) is 10.4. The first-order valence-electron chi connectivity index (χ1n) is 5.74. The minimum absolute atomic E-state index is 0.623. The van der Waals surface area contributed by atoms with Crippen LogP contribution in [-0.2, 0) is 0 Å². The van der Waals surface area contributed by atoms with Crippen LogP contribution in [0.2, 0.25) is 0 Å². The van der Waals surface area contributed by atoms with Gasteiger partial charge < -0.3 is 5.73 Å². The maximum absolute atomic E-state index is 5.86. The maximum Gasteiger partial charge on any atom is 0.0229 e. The van der Waals surface area contributed by atoms with Crippen molar-refractivity contribution in [2.45, 2.75) is 44.7 Å². The molecule has 1 saturated heterocycles. The molecule has 1 aliphatic rings. The fourth-order valence-corrected chi connectivity index (χ4v) is 2.84. The molecule has 0 aliphatic carbocycles. The van der Waals surface area contributed by atoms with E-state index in [4.69, 9.17) is 5.73 Å². The molecule has 14 heavy (non-hydrogen) atoms. The average Bonchev–Trinajstić information content (AvgIpc) is 2.21. The van der Waals surface area contributed by atoms with Gasteiger partial charge in [0.1, 0.15) is 0 Å². The number of hydrogen-bond donors (Lipinski definition) is 1. The minimum atomic E-state index is 0.623. The van der Waals surface area contributed by atoms with E-state index >= 15 is 0 Å². The summed E-state index contributed by atoms with van der Waals surface area (Å²) in [7, 11) is 0. The van der Waals surface area contributed by atoms with Gasteiger partial charge in [-0.15, -0.1) is 0 Å². The van der Waals surface area contributed by atoms with Gasteiger partial charge in [-0.05, 0) is 44.7 Å². The summed E-state index contributed by atoms with van der Waals surface area (Å²) in [4.78, 5) is 2.62. The molecule has 2 atom stereocenters.